The highest BCUT2D eigenvalue weighted by Crippen LogP contribution is 2.36. The average molecular weight is 227 g/mol. The first-order valence-corrected chi connectivity index (χ1v) is 6.14. The molecule has 0 fully saturated rings. The van der Waals surface area contributed by atoms with Gasteiger partial charge >= 0.3 is 0 Å². The van der Waals surface area contributed by atoms with Gasteiger partial charge in [0.25, 0.3) is 0 Å². The van der Waals surface area contributed by atoms with Crippen LogP contribution in [0, 0.1) is 6.07 Å². The maximum Gasteiger partial charge on any atom is -0.00326 e. The highest BCUT2D eigenvalue weighted by molar-refractivity contribution is 6.10. The van der Waals surface area contributed by atoms with Gasteiger partial charge in [0.1, 0.15) is 0 Å². The molecule has 0 unspecified atom stereocenters. The molecular formula is C18H11. The van der Waals surface area contributed by atoms with Gasteiger partial charge in [0.2, 0.25) is 0 Å². The SMILES string of the molecule is [c]1ccc(-c2ccc3c4c(cccc24)C=C3)cc1. The predicted molar refractivity (Wildman–Crippen MR) is 77.1 cm³/mol. The quantitative estimate of drug-likeness (QED) is 0.438. The van der Waals surface area contributed by atoms with Gasteiger partial charge in [0, 0.05) is 0 Å². The molecule has 1 aliphatic rings. The summed E-state index contributed by atoms with van der Waals surface area (Å²) in [5.41, 5.74) is 5.20. The molecule has 0 heteroatoms. The molecule has 0 spiro atoms. The van der Waals surface area contributed by atoms with Crippen molar-refractivity contribution in [2.45, 2.75) is 0 Å². The van der Waals surface area contributed by atoms with Gasteiger partial charge in [-0.2, -0.15) is 0 Å². The molecule has 0 amide bonds. The Labute approximate surface area is 106 Å². The van der Waals surface area contributed by atoms with E-state index in [2.05, 4.69) is 60.7 Å². The lowest BCUT2D eigenvalue weighted by molar-refractivity contribution is 1.63. The molecule has 1 aliphatic carbocycles. The van der Waals surface area contributed by atoms with E-state index >= 15 is 0 Å². The van der Waals surface area contributed by atoms with E-state index in [1.807, 2.05) is 12.1 Å². The van der Waals surface area contributed by atoms with Gasteiger partial charge < -0.3 is 0 Å². The summed E-state index contributed by atoms with van der Waals surface area (Å²) >= 11 is 0. The zero-order valence-corrected chi connectivity index (χ0v) is 9.85. The van der Waals surface area contributed by atoms with E-state index in [0.29, 0.717) is 0 Å². The molecule has 1 radical (unpaired) electrons. The van der Waals surface area contributed by atoms with E-state index in [0.717, 1.165) is 0 Å². The summed E-state index contributed by atoms with van der Waals surface area (Å²) < 4.78 is 0. The van der Waals surface area contributed by atoms with Crippen LogP contribution in [0.5, 0.6) is 0 Å². The van der Waals surface area contributed by atoms with Crippen LogP contribution in [0.4, 0.5) is 0 Å². The molecular weight excluding hydrogens is 216 g/mol. The van der Waals surface area contributed by atoms with Crippen molar-refractivity contribution in [3.63, 3.8) is 0 Å². The van der Waals surface area contributed by atoms with Gasteiger partial charge in [-0.05, 0) is 39.1 Å². The minimum absolute atomic E-state index is 1.25. The number of hydrogen-bond donors (Lipinski definition) is 0. The summed E-state index contributed by atoms with van der Waals surface area (Å²) in [5, 5.41) is 2.71. The average Bonchev–Trinajstić information content (AvgIpc) is 2.86. The van der Waals surface area contributed by atoms with Crippen LogP contribution in [0.25, 0.3) is 34.1 Å². The first kappa shape index (κ1) is 9.67. The molecule has 0 nitrogen and oxygen atoms in total. The number of rotatable bonds is 1. The summed E-state index contributed by atoms with van der Waals surface area (Å²) in [6.07, 6.45) is 4.39. The maximum absolute atomic E-state index is 3.07. The van der Waals surface area contributed by atoms with E-state index in [9.17, 15) is 0 Å². The van der Waals surface area contributed by atoms with Crippen LogP contribution in [0.15, 0.2) is 54.6 Å². The van der Waals surface area contributed by atoms with Crippen LogP contribution in [0.2, 0.25) is 0 Å². The fourth-order valence-electron chi connectivity index (χ4n) is 2.74. The van der Waals surface area contributed by atoms with E-state index in [-0.39, 0.29) is 0 Å². The number of hydrogen-bond acceptors (Lipinski definition) is 0. The van der Waals surface area contributed by atoms with Gasteiger partial charge in [-0.1, -0.05) is 66.7 Å². The van der Waals surface area contributed by atoms with Crippen LogP contribution >= 0.6 is 0 Å². The molecule has 0 aliphatic heterocycles. The molecule has 0 bridgehead atoms. The Morgan fingerprint density at radius 3 is 2.33 bits per heavy atom. The lowest BCUT2D eigenvalue weighted by atomic mass is 9.95. The van der Waals surface area contributed by atoms with Crippen molar-refractivity contribution in [3.05, 3.63) is 71.8 Å². The Kier molecular flexibility index (Phi) is 1.92. The smallest absolute Gasteiger partial charge is 0.00326 e. The van der Waals surface area contributed by atoms with Crippen LogP contribution in [0.3, 0.4) is 0 Å². The van der Waals surface area contributed by atoms with Crippen molar-refractivity contribution in [2.75, 3.05) is 0 Å². The summed E-state index contributed by atoms with van der Waals surface area (Å²) in [6.45, 7) is 0. The monoisotopic (exact) mass is 227 g/mol. The first-order valence-electron chi connectivity index (χ1n) is 6.14. The molecule has 18 heavy (non-hydrogen) atoms. The van der Waals surface area contributed by atoms with E-state index in [1.54, 1.807) is 0 Å². The molecule has 0 N–H and O–H groups in total. The van der Waals surface area contributed by atoms with Gasteiger partial charge in [-0.25, -0.2) is 0 Å². The zero-order chi connectivity index (χ0) is 11.9. The second kappa shape index (κ2) is 3.58. The van der Waals surface area contributed by atoms with Crippen molar-refractivity contribution in [1.29, 1.82) is 0 Å². The van der Waals surface area contributed by atoms with Gasteiger partial charge in [0.05, 0.1) is 0 Å². The second-order valence-electron chi connectivity index (χ2n) is 4.59. The summed E-state index contributed by atoms with van der Waals surface area (Å²) in [4.78, 5) is 0. The molecule has 0 aromatic heterocycles. The minimum atomic E-state index is 1.25. The molecule has 0 saturated carbocycles. The summed E-state index contributed by atoms with van der Waals surface area (Å²) in [6, 6.07) is 22.2. The van der Waals surface area contributed by atoms with E-state index in [1.165, 1.54) is 33.0 Å². The lowest BCUT2D eigenvalue weighted by Crippen LogP contribution is -1.84. The third-order valence-corrected chi connectivity index (χ3v) is 3.58. The third-order valence-electron chi connectivity index (χ3n) is 3.58. The van der Waals surface area contributed by atoms with Crippen molar-refractivity contribution in [2.24, 2.45) is 0 Å². The minimum Gasteiger partial charge on any atom is -0.0610 e. The van der Waals surface area contributed by atoms with Crippen LogP contribution in [-0.2, 0) is 0 Å². The maximum atomic E-state index is 3.07. The standard InChI is InChI=1S/C18H11/c1-2-5-13(6-3-1)16-12-11-15-10-9-14-7-4-8-17(16)18(14)15/h2-12H. The number of benzene rings is 3. The second-order valence-corrected chi connectivity index (χ2v) is 4.59. The van der Waals surface area contributed by atoms with Crippen LogP contribution in [0.1, 0.15) is 11.1 Å². The molecule has 83 valence electrons. The third kappa shape index (κ3) is 1.26. The van der Waals surface area contributed by atoms with Gasteiger partial charge in [-0.15, -0.1) is 0 Å². The zero-order valence-electron chi connectivity index (χ0n) is 9.85. The largest absolute Gasteiger partial charge is 0.0610 e. The Balaban J connectivity index is 2.11. The molecule has 0 saturated heterocycles. The van der Waals surface area contributed by atoms with Gasteiger partial charge in [-0.3, -0.25) is 0 Å². The fourth-order valence-corrected chi connectivity index (χ4v) is 2.74. The molecule has 3 aromatic carbocycles. The molecule has 4 rings (SSSR count). The highest BCUT2D eigenvalue weighted by Gasteiger charge is 2.11. The Hall–Kier alpha value is -2.34. The molecule has 3 aromatic rings. The first-order chi connectivity index (χ1) is 8.93. The van der Waals surface area contributed by atoms with Crippen molar-refractivity contribution < 1.29 is 0 Å². The fraction of sp³-hybridized carbons (Fsp3) is 0. The molecule has 0 atom stereocenters. The van der Waals surface area contributed by atoms with Crippen molar-refractivity contribution >= 4 is 22.9 Å². The Bertz CT molecular complexity index is 752. The predicted octanol–water partition coefficient (Wildman–Crippen LogP) is 4.79. The lowest BCUT2D eigenvalue weighted by Gasteiger charge is -2.09. The highest BCUT2D eigenvalue weighted by atomic mass is 14.2. The van der Waals surface area contributed by atoms with Crippen molar-refractivity contribution in [1.82, 2.24) is 0 Å². The normalized spacial score (nSPS) is 12.2. The van der Waals surface area contributed by atoms with E-state index < -0.39 is 0 Å². The van der Waals surface area contributed by atoms with Gasteiger partial charge in [0.15, 0.2) is 0 Å². The van der Waals surface area contributed by atoms with Crippen LogP contribution in [-0.4, -0.2) is 0 Å². The van der Waals surface area contributed by atoms with Crippen molar-refractivity contribution in [3.8, 4) is 11.1 Å². The summed E-state index contributed by atoms with van der Waals surface area (Å²) in [7, 11) is 0. The van der Waals surface area contributed by atoms with Crippen LogP contribution < -0.4 is 0 Å². The topological polar surface area (TPSA) is 0 Å². The van der Waals surface area contributed by atoms with E-state index in [4.69, 9.17) is 0 Å². The molecule has 0 heterocycles. The Morgan fingerprint density at radius 1 is 0.722 bits per heavy atom. The summed E-state index contributed by atoms with van der Waals surface area (Å²) in [5.74, 6) is 0. The Morgan fingerprint density at radius 2 is 1.50 bits per heavy atom.